The molecule has 0 aliphatic heterocycles. The van der Waals surface area contributed by atoms with Gasteiger partial charge in [-0.25, -0.2) is 9.97 Å². The van der Waals surface area contributed by atoms with Crippen LogP contribution in [0.15, 0.2) is 73.1 Å². The van der Waals surface area contributed by atoms with E-state index in [4.69, 9.17) is 4.98 Å². The quantitative estimate of drug-likeness (QED) is 0.459. The van der Waals surface area contributed by atoms with E-state index in [1.807, 2.05) is 18.2 Å². The summed E-state index contributed by atoms with van der Waals surface area (Å²) in [6.45, 7) is 0. The number of aliphatic hydroxyl groups excluding tert-OH is 1. The first-order valence-electron chi connectivity index (χ1n) is 10.6. The van der Waals surface area contributed by atoms with Crippen molar-refractivity contribution in [3.8, 4) is 28.5 Å². The zero-order valence-corrected chi connectivity index (χ0v) is 17.2. The molecule has 6 heteroatoms. The lowest BCUT2D eigenvalue weighted by atomic mass is 9.77. The molecule has 0 saturated heterocycles. The summed E-state index contributed by atoms with van der Waals surface area (Å²) in [7, 11) is 0. The number of nitriles is 1. The lowest BCUT2D eigenvalue weighted by Crippen LogP contribution is -2.26. The van der Waals surface area contributed by atoms with Gasteiger partial charge in [-0.2, -0.15) is 14.9 Å². The van der Waals surface area contributed by atoms with E-state index in [0.29, 0.717) is 22.8 Å². The average Bonchev–Trinajstić information content (AvgIpc) is 3.26. The number of benzene rings is 2. The number of hydrogen-bond donors (Lipinski definition) is 1. The second-order valence-electron chi connectivity index (χ2n) is 8.27. The summed E-state index contributed by atoms with van der Waals surface area (Å²) in [4.78, 5) is 9.48. The van der Waals surface area contributed by atoms with Crippen LogP contribution in [0, 0.1) is 11.3 Å². The van der Waals surface area contributed by atoms with Crippen molar-refractivity contribution in [2.24, 2.45) is 0 Å². The molecule has 1 aliphatic rings. The Bertz CT molecular complexity index is 1490. The van der Waals surface area contributed by atoms with Gasteiger partial charge in [0.05, 0.1) is 18.0 Å². The molecule has 1 fully saturated rings. The number of aromatic nitrogens is 4. The monoisotopic (exact) mass is 417 g/mol. The highest BCUT2D eigenvalue weighted by atomic mass is 16.3. The van der Waals surface area contributed by atoms with Crippen molar-refractivity contribution in [1.29, 1.82) is 5.26 Å². The van der Waals surface area contributed by atoms with Gasteiger partial charge in [-0.05, 0) is 36.0 Å². The number of pyridine rings is 1. The molecule has 1 N–H and O–H groups in total. The van der Waals surface area contributed by atoms with Crippen LogP contribution in [-0.4, -0.2) is 30.8 Å². The molecule has 0 radical (unpaired) electrons. The van der Waals surface area contributed by atoms with Crippen molar-refractivity contribution >= 4 is 16.7 Å². The molecule has 0 unspecified atom stereocenters. The van der Waals surface area contributed by atoms with E-state index in [1.165, 1.54) is 11.8 Å². The second-order valence-corrected chi connectivity index (χ2v) is 8.27. The van der Waals surface area contributed by atoms with Gasteiger partial charge in [0.15, 0.2) is 11.3 Å². The smallest absolute Gasteiger partial charge is 0.175 e. The van der Waals surface area contributed by atoms with Crippen molar-refractivity contribution in [3.05, 3.63) is 84.2 Å². The van der Waals surface area contributed by atoms with E-state index >= 15 is 0 Å². The fraction of sp³-hybridized carbons (Fsp3) is 0.154. The van der Waals surface area contributed by atoms with E-state index in [2.05, 4.69) is 58.6 Å². The van der Waals surface area contributed by atoms with E-state index in [0.717, 1.165) is 40.6 Å². The molecule has 0 atom stereocenters. The maximum Gasteiger partial charge on any atom is 0.175 e. The Morgan fingerprint density at radius 3 is 2.44 bits per heavy atom. The molecule has 1 aliphatic carbocycles. The van der Waals surface area contributed by atoms with Gasteiger partial charge in [0.1, 0.15) is 11.6 Å². The van der Waals surface area contributed by atoms with Crippen LogP contribution in [0.5, 0.6) is 0 Å². The minimum atomic E-state index is -0.171. The molecule has 5 aromatic rings. The van der Waals surface area contributed by atoms with E-state index < -0.39 is 0 Å². The molecule has 2 aromatic carbocycles. The molecular weight excluding hydrogens is 398 g/mol. The summed E-state index contributed by atoms with van der Waals surface area (Å²) in [5.41, 5.74) is 6.78. The zero-order valence-electron chi connectivity index (χ0n) is 17.2. The van der Waals surface area contributed by atoms with Gasteiger partial charge in [0.2, 0.25) is 0 Å². The van der Waals surface area contributed by atoms with Crippen LogP contribution in [0.1, 0.15) is 29.9 Å². The normalized spacial score (nSPS) is 17.9. The van der Waals surface area contributed by atoms with Crippen molar-refractivity contribution in [2.45, 2.75) is 24.9 Å². The first-order valence-corrected chi connectivity index (χ1v) is 10.6. The molecule has 6 nitrogen and oxygen atoms in total. The van der Waals surface area contributed by atoms with Crippen molar-refractivity contribution in [1.82, 2.24) is 19.6 Å². The van der Waals surface area contributed by atoms with Gasteiger partial charge in [-0.3, -0.25) is 0 Å². The Hall–Kier alpha value is -4.08. The first-order chi connectivity index (χ1) is 15.7. The first kappa shape index (κ1) is 18.7. The highest BCUT2D eigenvalue weighted by Crippen LogP contribution is 2.38. The number of nitrogens with zero attached hydrogens (tertiary/aromatic N) is 5. The van der Waals surface area contributed by atoms with Crippen LogP contribution < -0.4 is 0 Å². The lowest BCUT2D eigenvalue weighted by Gasteiger charge is -2.31. The summed E-state index contributed by atoms with van der Waals surface area (Å²) < 4.78 is 1.64. The van der Waals surface area contributed by atoms with Crippen LogP contribution in [0.2, 0.25) is 0 Å². The van der Waals surface area contributed by atoms with Gasteiger partial charge in [0, 0.05) is 22.7 Å². The largest absolute Gasteiger partial charge is 0.393 e. The van der Waals surface area contributed by atoms with Crippen LogP contribution in [-0.2, 0) is 0 Å². The summed E-state index contributed by atoms with van der Waals surface area (Å²) in [5.74, 6) is 0.427. The Labute approximate surface area is 184 Å². The third-order valence-electron chi connectivity index (χ3n) is 6.28. The second kappa shape index (κ2) is 7.26. The summed E-state index contributed by atoms with van der Waals surface area (Å²) in [6, 6.07) is 22.9. The molecule has 154 valence electrons. The van der Waals surface area contributed by atoms with Crippen LogP contribution in [0.3, 0.4) is 0 Å². The molecular formula is C26H19N5O. The summed E-state index contributed by atoms with van der Waals surface area (Å²) in [5, 5.41) is 24.2. The topological polar surface area (TPSA) is 87.1 Å². The molecule has 3 heterocycles. The van der Waals surface area contributed by atoms with Crippen LogP contribution in [0.25, 0.3) is 39.1 Å². The molecule has 0 bridgehead atoms. The third-order valence-corrected chi connectivity index (χ3v) is 6.28. The van der Waals surface area contributed by atoms with Gasteiger partial charge < -0.3 is 5.11 Å². The molecule has 6 rings (SSSR count). The Balaban J connectivity index is 1.56. The Morgan fingerprint density at radius 1 is 0.938 bits per heavy atom. The summed E-state index contributed by atoms with van der Waals surface area (Å²) in [6.07, 6.45) is 4.76. The van der Waals surface area contributed by atoms with Gasteiger partial charge in [-0.1, -0.05) is 54.6 Å². The van der Waals surface area contributed by atoms with Crippen molar-refractivity contribution in [3.63, 3.8) is 0 Å². The Kier molecular flexibility index (Phi) is 4.23. The van der Waals surface area contributed by atoms with Crippen molar-refractivity contribution < 1.29 is 5.11 Å². The molecule has 0 spiro atoms. The zero-order chi connectivity index (χ0) is 21.7. The fourth-order valence-corrected chi connectivity index (χ4v) is 4.45. The highest BCUT2D eigenvalue weighted by molar-refractivity contribution is 5.91. The van der Waals surface area contributed by atoms with Crippen LogP contribution >= 0.6 is 0 Å². The number of rotatable bonds is 3. The van der Waals surface area contributed by atoms with E-state index in [1.54, 1.807) is 10.7 Å². The highest BCUT2D eigenvalue weighted by Gasteiger charge is 2.28. The predicted octanol–water partition coefficient (Wildman–Crippen LogP) is 4.72. The number of hydrogen-bond acceptors (Lipinski definition) is 5. The molecule has 0 amide bonds. The van der Waals surface area contributed by atoms with E-state index in [9.17, 15) is 10.4 Å². The minimum absolute atomic E-state index is 0.171. The van der Waals surface area contributed by atoms with Gasteiger partial charge in [0.25, 0.3) is 0 Å². The van der Waals surface area contributed by atoms with Gasteiger partial charge >= 0.3 is 0 Å². The minimum Gasteiger partial charge on any atom is -0.393 e. The molecule has 3 aromatic heterocycles. The molecule has 32 heavy (non-hydrogen) atoms. The molecule has 1 saturated carbocycles. The third kappa shape index (κ3) is 2.95. The van der Waals surface area contributed by atoms with E-state index in [-0.39, 0.29) is 6.10 Å². The standard InChI is InChI=1S/C26H19N5O/c27-13-21-15-29-31-25(21)28-14-20-12-23(17-4-2-1-3-5-17)24(30-26(20)31)18-8-6-16(7-9-18)19-10-22(32)11-19/h1-9,12,14-15,19,22,32H,10-11H2. The fourth-order valence-electron chi connectivity index (χ4n) is 4.45. The maximum absolute atomic E-state index is 9.64. The number of aliphatic hydroxyl groups is 1. The Morgan fingerprint density at radius 2 is 1.72 bits per heavy atom. The predicted molar refractivity (Wildman–Crippen MR) is 122 cm³/mol. The van der Waals surface area contributed by atoms with Crippen LogP contribution in [0.4, 0.5) is 0 Å². The summed E-state index contributed by atoms with van der Waals surface area (Å²) >= 11 is 0. The lowest BCUT2D eigenvalue weighted by molar-refractivity contribution is 0.0746. The SMILES string of the molecule is N#Cc1cnn2c1ncc1cc(-c3ccccc3)c(-c3ccc(C4CC(O)C4)cc3)nc12. The number of fused-ring (bicyclic) bond motifs is 3. The van der Waals surface area contributed by atoms with Crippen molar-refractivity contribution in [2.75, 3.05) is 0 Å². The van der Waals surface area contributed by atoms with Gasteiger partial charge in [-0.15, -0.1) is 0 Å². The maximum atomic E-state index is 9.64. The average molecular weight is 417 g/mol.